The average molecular weight is 349 g/mol. The van der Waals surface area contributed by atoms with Crippen molar-refractivity contribution in [3.63, 3.8) is 0 Å². The van der Waals surface area contributed by atoms with Gasteiger partial charge in [-0.15, -0.1) is 0 Å². The van der Waals surface area contributed by atoms with Crippen LogP contribution in [0, 0.1) is 17.2 Å². The molecule has 6 nitrogen and oxygen atoms in total. The summed E-state index contributed by atoms with van der Waals surface area (Å²) in [6, 6.07) is 5.02. The molecule has 0 spiro atoms. The van der Waals surface area contributed by atoms with Crippen LogP contribution in [-0.4, -0.2) is 35.7 Å². The predicted octanol–water partition coefficient (Wildman–Crippen LogP) is 1.87. The van der Waals surface area contributed by atoms with E-state index in [4.69, 9.17) is 0 Å². The van der Waals surface area contributed by atoms with Crippen molar-refractivity contribution < 1.29 is 18.8 Å². The van der Waals surface area contributed by atoms with Crippen molar-refractivity contribution in [2.45, 2.75) is 33.6 Å². The molecule has 0 bridgehead atoms. The molecule has 1 aromatic rings. The quantitative estimate of drug-likeness (QED) is 0.800. The van der Waals surface area contributed by atoms with Gasteiger partial charge in [-0.05, 0) is 37.1 Å². The normalized spacial score (nSPS) is 17.8. The van der Waals surface area contributed by atoms with E-state index in [0.717, 1.165) is 6.42 Å². The number of carbonyl (C=O) groups excluding carboxylic acids is 3. The molecule has 25 heavy (non-hydrogen) atoms. The van der Waals surface area contributed by atoms with Gasteiger partial charge in [-0.1, -0.05) is 20.8 Å². The molecule has 2 N–H and O–H groups in total. The summed E-state index contributed by atoms with van der Waals surface area (Å²) in [5.41, 5.74) is 4.47. The van der Waals surface area contributed by atoms with Crippen LogP contribution in [0.4, 0.5) is 4.39 Å². The van der Waals surface area contributed by atoms with E-state index in [9.17, 15) is 18.8 Å². The first-order valence-electron chi connectivity index (χ1n) is 8.33. The minimum atomic E-state index is -0.521. The van der Waals surface area contributed by atoms with Gasteiger partial charge in [-0.25, -0.2) is 4.39 Å². The van der Waals surface area contributed by atoms with Crippen molar-refractivity contribution in [2.75, 3.05) is 13.1 Å². The number of halogens is 1. The van der Waals surface area contributed by atoms with Crippen LogP contribution >= 0.6 is 0 Å². The second-order valence-electron chi connectivity index (χ2n) is 7.29. The highest BCUT2D eigenvalue weighted by Crippen LogP contribution is 2.23. The Bertz CT molecular complexity index is 653. The lowest BCUT2D eigenvalue weighted by Gasteiger charge is -2.35. The van der Waals surface area contributed by atoms with Gasteiger partial charge in [0.25, 0.3) is 5.91 Å². The smallest absolute Gasteiger partial charge is 0.269 e. The molecule has 1 unspecified atom stereocenters. The number of piperidine rings is 1. The molecule has 1 aliphatic rings. The zero-order valence-corrected chi connectivity index (χ0v) is 14.8. The van der Waals surface area contributed by atoms with E-state index in [-0.39, 0.29) is 23.3 Å². The Hall–Kier alpha value is -2.44. The molecule has 0 aliphatic carbocycles. The molecule has 1 atom stereocenters. The van der Waals surface area contributed by atoms with E-state index in [1.807, 2.05) is 20.8 Å². The van der Waals surface area contributed by atoms with Crippen molar-refractivity contribution in [1.29, 1.82) is 0 Å². The van der Waals surface area contributed by atoms with Crippen LogP contribution in [0.15, 0.2) is 24.3 Å². The molecule has 136 valence electrons. The van der Waals surface area contributed by atoms with Crippen molar-refractivity contribution in [3.05, 3.63) is 35.6 Å². The molecule has 1 saturated heterocycles. The van der Waals surface area contributed by atoms with Gasteiger partial charge < -0.3 is 4.90 Å². The van der Waals surface area contributed by atoms with Crippen molar-refractivity contribution in [1.82, 2.24) is 15.8 Å². The summed E-state index contributed by atoms with van der Waals surface area (Å²) in [7, 11) is 0. The Morgan fingerprint density at radius 3 is 2.36 bits per heavy atom. The molecular weight excluding hydrogens is 325 g/mol. The Labute approximate surface area is 146 Å². The number of nitrogens with one attached hydrogen (secondary N) is 2. The fraction of sp³-hybridized carbons (Fsp3) is 0.500. The summed E-state index contributed by atoms with van der Waals surface area (Å²) in [5, 5.41) is 0. The second-order valence-corrected chi connectivity index (χ2v) is 7.29. The van der Waals surface area contributed by atoms with Crippen molar-refractivity contribution in [3.8, 4) is 0 Å². The maximum absolute atomic E-state index is 12.9. The van der Waals surface area contributed by atoms with Gasteiger partial charge in [-0.3, -0.25) is 25.2 Å². The number of amides is 3. The molecule has 3 amide bonds. The van der Waals surface area contributed by atoms with Crippen LogP contribution in [0.3, 0.4) is 0 Å². The summed E-state index contributed by atoms with van der Waals surface area (Å²) in [6.45, 7) is 6.53. The highest BCUT2D eigenvalue weighted by Gasteiger charge is 2.33. The summed E-state index contributed by atoms with van der Waals surface area (Å²) in [4.78, 5) is 38.3. The van der Waals surface area contributed by atoms with Gasteiger partial charge in [0.05, 0.1) is 5.92 Å². The lowest BCUT2D eigenvalue weighted by atomic mass is 9.91. The van der Waals surface area contributed by atoms with E-state index in [2.05, 4.69) is 10.9 Å². The number of benzene rings is 1. The average Bonchev–Trinajstić information content (AvgIpc) is 2.58. The summed E-state index contributed by atoms with van der Waals surface area (Å²) in [6.07, 6.45) is 1.40. The number of rotatable bonds is 2. The highest BCUT2D eigenvalue weighted by atomic mass is 19.1. The van der Waals surface area contributed by atoms with Crippen molar-refractivity contribution in [2.24, 2.45) is 11.3 Å². The lowest BCUT2D eigenvalue weighted by Crippen LogP contribution is -2.51. The Kier molecular flexibility index (Phi) is 5.77. The lowest BCUT2D eigenvalue weighted by molar-refractivity contribution is -0.143. The van der Waals surface area contributed by atoms with E-state index in [1.165, 1.54) is 24.3 Å². The minimum Gasteiger partial charge on any atom is -0.341 e. The summed E-state index contributed by atoms with van der Waals surface area (Å²) < 4.78 is 12.9. The fourth-order valence-corrected chi connectivity index (χ4v) is 2.74. The minimum absolute atomic E-state index is 0.0142. The fourth-order valence-electron chi connectivity index (χ4n) is 2.74. The molecule has 0 radical (unpaired) electrons. The van der Waals surface area contributed by atoms with Crippen LogP contribution in [0.1, 0.15) is 44.0 Å². The van der Waals surface area contributed by atoms with E-state index >= 15 is 0 Å². The van der Waals surface area contributed by atoms with Gasteiger partial charge >= 0.3 is 0 Å². The van der Waals surface area contributed by atoms with E-state index in [1.54, 1.807) is 4.90 Å². The zero-order valence-electron chi connectivity index (χ0n) is 14.8. The third-order valence-corrected chi connectivity index (χ3v) is 4.13. The summed E-state index contributed by atoms with van der Waals surface area (Å²) in [5.74, 6) is -1.64. The number of nitrogens with zero attached hydrogens (tertiary/aromatic N) is 1. The Morgan fingerprint density at radius 2 is 1.76 bits per heavy atom. The van der Waals surface area contributed by atoms with Gasteiger partial charge in [0.1, 0.15) is 5.82 Å². The first-order chi connectivity index (χ1) is 11.7. The molecule has 0 aromatic heterocycles. The number of hydrazine groups is 1. The number of carbonyl (C=O) groups is 3. The SMILES string of the molecule is CC(C)(C)C(=O)N1CCCC(C(=O)NNC(=O)c2ccc(F)cc2)C1. The van der Waals surface area contributed by atoms with Crippen LogP contribution in [0.5, 0.6) is 0 Å². The molecule has 1 heterocycles. The van der Waals surface area contributed by atoms with Gasteiger partial charge in [-0.2, -0.15) is 0 Å². The number of hydrogen-bond donors (Lipinski definition) is 2. The van der Waals surface area contributed by atoms with E-state index < -0.39 is 17.1 Å². The zero-order chi connectivity index (χ0) is 18.6. The maximum atomic E-state index is 12.9. The first-order valence-corrected chi connectivity index (χ1v) is 8.33. The van der Waals surface area contributed by atoms with Crippen molar-refractivity contribution >= 4 is 17.7 Å². The standard InChI is InChI=1S/C18H24FN3O3/c1-18(2,3)17(25)22-10-4-5-13(11-22)16(24)21-20-15(23)12-6-8-14(19)9-7-12/h6-9,13H,4-5,10-11H2,1-3H3,(H,20,23)(H,21,24). The summed E-state index contributed by atoms with van der Waals surface area (Å²) >= 11 is 0. The largest absolute Gasteiger partial charge is 0.341 e. The third-order valence-electron chi connectivity index (χ3n) is 4.13. The van der Waals surface area contributed by atoms with Gasteiger partial charge in [0.2, 0.25) is 11.8 Å². The molecule has 1 aromatic carbocycles. The van der Waals surface area contributed by atoms with Gasteiger partial charge in [0, 0.05) is 24.1 Å². The molecule has 0 saturated carbocycles. The Morgan fingerprint density at radius 1 is 1.12 bits per heavy atom. The maximum Gasteiger partial charge on any atom is 0.269 e. The van der Waals surface area contributed by atoms with Crippen LogP contribution in [0.25, 0.3) is 0 Å². The molecule has 1 fully saturated rings. The van der Waals surface area contributed by atoms with Crippen LogP contribution in [0.2, 0.25) is 0 Å². The van der Waals surface area contributed by atoms with Crippen LogP contribution < -0.4 is 10.9 Å². The molecule has 1 aliphatic heterocycles. The first kappa shape index (κ1) is 18.9. The molecule has 7 heteroatoms. The highest BCUT2D eigenvalue weighted by molar-refractivity contribution is 5.95. The molecular formula is C18H24FN3O3. The number of likely N-dealkylation sites (tertiary alicyclic amines) is 1. The Balaban J connectivity index is 1.89. The van der Waals surface area contributed by atoms with Crippen LogP contribution in [-0.2, 0) is 9.59 Å². The second kappa shape index (κ2) is 7.63. The van der Waals surface area contributed by atoms with E-state index in [0.29, 0.717) is 19.5 Å². The molecule has 2 rings (SSSR count). The monoisotopic (exact) mass is 349 g/mol. The topological polar surface area (TPSA) is 78.5 Å². The van der Waals surface area contributed by atoms with Gasteiger partial charge in [0.15, 0.2) is 0 Å². The predicted molar refractivity (Wildman–Crippen MR) is 90.8 cm³/mol. The number of hydrogen-bond acceptors (Lipinski definition) is 3. The third kappa shape index (κ3) is 5.01.